The first kappa shape index (κ1) is 24.3. The van der Waals surface area contributed by atoms with Gasteiger partial charge in [-0.2, -0.15) is 0 Å². The minimum atomic E-state index is -1.06. The highest BCUT2D eigenvalue weighted by Gasteiger charge is 2.13. The summed E-state index contributed by atoms with van der Waals surface area (Å²) in [4.78, 5) is 33.1. The number of amides is 1. The van der Waals surface area contributed by atoms with Gasteiger partial charge in [0.05, 0.1) is 25.5 Å². The second-order valence-electron chi connectivity index (χ2n) is 8.25. The Morgan fingerprint density at radius 2 is 1.68 bits per heavy atom. The number of carboxylic acid groups (broad SMARTS) is 1. The van der Waals surface area contributed by atoms with Crippen molar-refractivity contribution in [1.29, 1.82) is 0 Å². The van der Waals surface area contributed by atoms with Crippen molar-refractivity contribution >= 4 is 34.7 Å². The number of nitrogens with zero attached hydrogens (tertiary/aromatic N) is 3. The summed E-state index contributed by atoms with van der Waals surface area (Å²) in [6.45, 7) is 0. The molecule has 0 radical (unpaired) electrons. The predicted octanol–water partition coefficient (Wildman–Crippen LogP) is 5.11. The fraction of sp³-hybridized carbons (Fsp3) is 0.0714. The third kappa shape index (κ3) is 4.96. The fourth-order valence-corrected chi connectivity index (χ4v) is 3.93. The van der Waals surface area contributed by atoms with Gasteiger partial charge in [-0.25, -0.2) is 14.8 Å². The number of nitrogens with one attached hydrogen (secondary N) is 2. The number of carbonyl (C=O) groups excluding carboxylic acids is 1. The van der Waals surface area contributed by atoms with E-state index in [0.29, 0.717) is 39.9 Å². The Morgan fingerprint density at radius 3 is 2.42 bits per heavy atom. The first-order chi connectivity index (χ1) is 18.4. The van der Waals surface area contributed by atoms with E-state index in [1.165, 1.54) is 12.1 Å². The van der Waals surface area contributed by atoms with Crippen LogP contribution in [0.1, 0.15) is 20.7 Å². The van der Waals surface area contributed by atoms with Crippen LogP contribution in [-0.4, -0.2) is 45.6 Å². The van der Waals surface area contributed by atoms with E-state index in [0.717, 1.165) is 11.3 Å². The number of rotatable bonds is 8. The average Bonchev–Trinajstić information content (AvgIpc) is 3.42. The van der Waals surface area contributed by atoms with E-state index in [4.69, 9.17) is 19.6 Å². The lowest BCUT2D eigenvalue weighted by atomic mass is 10.1. The molecule has 10 nitrogen and oxygen atoms in total. The van der Waals surface area contributed by atoms with Crippen LogP contribution < -0.4 is 20.1 Å². The van der Waals surface area contributed by atoms with Crippen LogP contribution in [0.5, 0.6) is 11.5 Å². The van der Waals surface area contributed by atoms with Gasteiger partial charge in [0.1, 0.15) is 0 Å². The van der Waals surface area contributed by atoms with Crippen LogP contribution in [-0.2, 0) is 0 Å². The number of fused-ring (bicyclic) bond motifs is 1. The number of anilines is 3. The van der Waals surface area contributed by atoms with Crippen molar-refractivity contribution in [2.45, 2.75) is 0 Å². The van der Waals surface area contributed by atoms with Crippen molar-refractivity contribution in [3.63, 3.8) is 0 Å². The van der Waals surface area contributed by atoms with Crippen LogP contribution in [0.4, 0.5) is 17.2 Å². The molecule has 0 fully saturated rings. The number of methoxy groups -OCH3 is 2. The molecule has 2 heterocycles. The zero-order chi connectivity index (χ0) is 26.6. The van der Waals surface area contributed by atoms with Crippen LogP contribution in [0.2, 0.25) is 0 Å². The molecule has 190 valence electrons. The Hall–Kier alpha value is -5.38. The fourth-order valence-electron chi connectivity index (χ4n) is 3.93. The molecule has 3 N–H and O–H groups in total. The number of hydrogen-bond acceptors (Lipinski definition) is 7. The Kier molecular flexibility index (Phi) is 6.60. The standard InChI is InChI=1S/C28H23N5O5/c1-37-23-11-10-21(15-24(23)38-2)30-25-26-29-12-13-33(26)16-22(32-25)17-6-8-18(9-7-17)27(34)31-20-5-3-4-19(14-20)28(35)36/h3-16H,1-2H3,(H,30,32)(H,31,34)(H,35,36). The summed E-state index contributed by atoms with van der Waals surface area (Å²) in [6.07, 6.45) is 5.37. The van der Waals surface area contributed by atoms with Gasteiger partial charge in [0.25, 0.3) is 5.91 Å². The first-order valence-electron chi connectivity index (χ1n) is 11.5. The van der Waals surface area contributed by atoms with Gasteiger partial charge < -0.3 is 29.6 Å². The van der Waals surface area contributed by atoms with E-state index in [9.17, 15) is 9.59 Å². The largest absolute Gasteiger partial charge is 0.493 e. The second kappa shape index (κ2) is 10.3. The van der Waals surface area contributed by atoms with Gasteiger partial charge in [-0.15, -0.1) is 0 Å². The Labute approximate surface area is 217 Å². The number of hydrogen-bond donors (Lipinski definition) is 3. The van der Waals surface area contributed by atoms with Gasteiger partial charge in [0, 0.05) is 47.2 Å². The molecule has 2 aromatic heterocycles. The number of imidazole rings is 1. The van der Waals surface area contributed by atoms with Gasteiger partial charge in [0.2, 0.25) is 0 Å². The molecule has 10 heteroatoms. The lowest BCUT2D eigenvalue weighted by molar-refractivity contribution is 0.0696. The second-order valence-corrected chi connectivity index (χ2v) is 8.25. The molecular formula is C28H23N5O5. The van der Waals surface area contributed by atoms with Crippen LogP contribution >= 0.6 is 0 Å². The summed E-state index contributed by atoms with van der Waals surface area (Å²) in [5.74, 6) is 0.321. The lowest BCUT2D eigenvalue weighted by Gasteiger charge is -2.13. The summed E-state index contributed by atoms with van der Waals surface area (Å²) in [5, 5.41) is 15.2. The van der Waals surface area contributed by atoms with Crippen LogP contribution in [0, 0.1) is 0 Å². The van der Waals surface area contributed by atoms with Crippen molar-refractivity contribution in [2.24, 2.45) is 0 Å². The topological polar surface area (TPSA) is 127 Å². The minimum Gasteiger partial charge on any atom is -0.493 e. The number of ether oxygens (including phenoxy) is 2. The third-order valence-electron chi connectivity index (χ3n) is 5.83. The maximum absolute atomic E-state index is 12.7. The van der Waals surface area contributed by atoms with Crippen LogP contribution in [0.3, 0.4) is 0 Å². The molecule has 0 saturated heterocycles. The molecule has 0 aliphatic heterocycles. The molecule has 38 heavy (non-hydrogen) atoms. The monoisotopic (exact) mass is 509 g/mol. The molecule has 0 spiro atoms. The number of carboxylic acids is 1. The number of aromatic carboxylic acids is 1. The Bertz CT molecular complexity index is 1650. The summed E-state index contributed by atoms with van der Waals surface area (Å²) >= 11 is 0. The maximum atomic E-state index is 12.7. The molecular weight excluding hydrogens is 486 g/mol. The summed E-state index contributed by atoms with van der Waals surface area (Å²) in [7, 11) is 3.15. The molecule has 1 amide bonds. The van der Waals surface area contributed by atoms with Gasteiger partial charge in [-0.05, 0) is 42.5 Å². The molecule has 0 unspecified atom stereocenters. The normalized spacial score (nSPS) is 10.7. The molecule has 0 saturated carbocycles. The van der Waals surface area contributed by atoms with Gasteiger partial charge >= 0.3 is 5.97 Å². The van der Waals surface area contributed by atoms with Gasteiger partial charge in [0.15, 0.2) is 23.0 Å². The maximum Gasteiger partial charge on any atom is 0.335 e. The highest BCUT2D eigenvalue weighted by molar-refractivity contribution is 6.05. The van der Waals surface area contributed by atoms with E-state index in [1.54, 1.807) is 62.9 Å². The van der Waals surface area contributed by atoms with Crippen molar-refractivity contribution in [1.82, 2.24) is 14.4 Å². The first-order valence-corrected chi connectivity index (χ1v) is 11.5. The number of carbonyl (C=O) groups is 2. The zero-order valence-corrected chi connectivity index (χ0v) is 20.5. The quantitative estimate of drug-likeness (QED) is 0.263. The summed E-state index contributed by atoms with van der Waals surface area (Å²) < 4.78 is 12.6. The molecule has 0 aliphatic rings. The molecule has 5 rings (SSSR count). The van der Waals surface area contributed by atoms with Crippen molar-refractivity contribution < 1.29 is 24.2 Å². The number of aromatic nitrogens is 3. The highest BCUT2D eigenvalue weighted by Crippen LogP contribution is 2.32. The van der Waals surface area contributed by atoms with Crippen LogP contribution in [0.25, 0.3) is 16.9 Å². The molecule has 0 aliphatic carbocycles. The lowest BCUT2D eigenvalue weighted by Crippen LogP contribution is -2.12. The van der Waals surface area contributed by atoms with E-state index in [1.807, 2.05) is 28.9 Å². The van der Waals surface area contributed by atoms with Crippen molar-refractivity contribution in [2.75, 3.05) is 24.9 Å². The van der Waals surface area contributed by atoms with E-state index >= 15 is 0 Å². The zero-order valence-electron chi connectivity index (χ0n) is 20.5. The molecule has 0 bridgehead atoms. The van der Waals surface area contributed by atoms with E-state index in [2.05, 4.69) is 15.6 Å². The van der Waals surface area contributed by atoms with Gasteiger partial charge in [-0.3, -0.25) is 4.79 Å². The van der Waals surface area contributed by atoms with E-state index < -0.39 is 5.97 Å². The van der Waals surface area contributed by atoms with Crippen LogP contribution in [0.15, 0.2) is 85.3 Å². The third-order valence-corrected chi connectivity index (χ3v) is 5.83. The SMILES string of the molecule is COc1ccc(Nc2nc(-c3ccc(C(=O)Nc4cccc(C(=O)O)c4)cc3)cn3ccnc23)cc1OC. The smallest absolute Gasteiger partial charge is 0.335 e. The summed E-state index contributed by atoms with van der Waals surface area (Å²) in [5.41, 5.74) is 3.76. The van der Waals surface area contributed by atoms with Crippen molar-refractivity contribution in [3.8, 4) is 22.8 Å². The highest BCUT2D eigenvalue weighted by atomic mass is 16.5. The molecule has 3 aromatic carbocycles. The minimum absolute atomic E-state index is 0.0941. The van der Waals surface area contributed by atoms with Crippen molar-refractivity contribution in [3.05, 3.63) is 96.4 Å². The Balaban J connectivity index is 1.40. The average molecular weight is 510 g/mol. The number of benzene rings is 3. The molecule has 0 atom stereocenters. The summed E-state index contributed by atoms with van der Waals surface area (Å²) in [6, 6.07) is 18.5. The Morgan fingerprint density at radius 1 is 0.895 bits per heavy atom. The van der Waals surface area contributed by atoms with E-state index in [-0.39, 0.29) is 11.5 Å². The molecule has 5 aromatic rings. The van der Waals surface area contributed by atoms with Gasteiger partial charge in [-0.1, -0.05) is 18.2 Å². The predicted molar refractivity (Wildman–Crippen MR) is 143 cm³/mol.